The van der Waals surface area contributed by atoms with Crippen LogP contribution in [0.15, 0.2) is 18.2 Å². The molecule has 6 heteroatoms. The molecule has 1 aromatic carbocycles. The van der Waals surface area contributed by atoms with Gasteiger partial charge in [-0.05, 0) is 31.5 Å². The third-order valence-electron chi connectivity index (χ3n) is 2.56. The zero-order valence-electron chi connectivity index (χ0n) is 9.90. The van der Waals surface area contributed by atoms with E-state index in [0.717, 1.165) is 17.8 Å². The zero-order chi connectivity index (χ0) is 13.8. The van der Waals surface area contributed by atoms with Crippen molar-refractivity contribution in [2.75, 3.05) is 23.3 Å². The Hall–Kier alpha value is -0.780. The highest BCUT2D eigenvalue weighted by Gasteiger charge is 2.31. The minimum absolute atomic E-state index is 0.214. The number of rotatable bonds is 5. The summed E-state index contributed by atoms with van der Waals surface area (Å²) < 4.78 is 50.9. The minimum atomic E-state index is -4.51. The first-order valence-corrected chi connectivity index (χ1v) is 6.70. The lowest BCUT2D eigenvalue weighted by atomic mass is 10.1. The highest BCUT2D eigenvalue weighted by Crippen LogP contribution is 2.32. The summed E-state index contributed by atoms with van der Waals surface area (Å²) in [4.78, 5) is 1.72. The average molecular weight is 328 g/mol. The van der Waals surface area contributed by atoms with Crippen molar-refractivity contribution >= 4 is 21.6 Å². The standard InChI is InChI=1S/C12H14BrF4N/c1-2-18(7-3-6-13)11-5-4-9(8-10(11)14)12(15,16)17/h4-5,8H,2-3,6-7H2,1H3. The van der Waals surface area contributed by atoms with Gasteiger partial charge in [0, 0.05) is 18.4 Å². The molecular weight excluding hydrogens is 314 g/mol. The van der Waals surface area contributed by atoms with E-state index in [1.54, 1.807) is 4.90 Å². The number of halogens is 5. The van der Waals surface area contributed by atoms with E-state index >= 15 is 0 Å². The molecule has 0 spiro atoms. The van der Waals surface area contributed by atoms with E-state index in [2.05, 4.69) is 15.9 Å². The molecule has 0 amide bonds. The highest BCUT2D eigenvalue weighted by molar-refractivity contribution is 9.09. The number of alkyl halides is 4. The molecule has 0 unspecified atom stereocenters. The van der Waals surface area contributed by atoms with Crippen LogP contribution in [0.5, 0.6) is 0 Å². The zero-order valence-corrected chi connectivity index (χ0v) is 11.5. The van der Waals surface area contributed by atoms with Crippen molar-refractivity contribution in [1.82, 2.24) is 0 Å². The van der Waals surface area contributed by atoms with Crippen molar-refractivity contribution in [2.45, 2.75) is 19.5 Å². The molecule has 1 rings (SSSR count). The quantitative estimate of drug-likeness (QED) is 0.570. The van der Waals surface area contributed by atoms with E-state index in [1.807, 2.05) is 6.92 Å². The van der Waals surface area contributed by atoms with Gasteiger partial charge >= 0.3 is 6.18 Å². The molecule has 0 heterocycles. The van der Waals surface area contributed by atoms with Gasteiger partial charge in [0.05, 0.1) is 11.3 Å². The van der Waals surface area contributed by atoms with Crippen LogP contribution < -0.4 is 4.90 Å². The lowest BCUT2D eigenvalue weighted by Crippen LogP contribution is -2.25. The molecule has 102 valence electrons. The predicted octanol–water partition coefficient (Wildman–Crippen LogP) is 4.46. The van der Waals surface area contributed by atoms with Crippen LogP contribution >= 0.6 is 15.9 Å². The summed E-state index contributed by atoms with van der Waals surface area (Å²) in [6.45, 7) is 2.99. The molecule has 0 aliphatic carbocycles. The second-order valence-corrected chi connectivity index (χ2v) is 4.58. The fourth-order valence-corrected chi connectivity index (χ4v) is 1.89. The van der Waals surface area contributed by atoms with Crippen LogP contribution in [0.25, 0.3) is 0 Å². The Bertz CT molecular complexity index is 392. The van der Waals surface area contributed by atoms with Crippen molar-refractivity contribution in [3.8, 4) is 0 Å². The van der Waals surface area contributed by atoms with Gasteiger partial charge in [0.1, 0.15) is 5.82 Å². The van der Waals surface area contributed by atoms with Crippen molar-refractivity contribution < 1.29 is 17.6 Å². The van der Waals surface area contributed by atoms with Crippen LogP contribution in [-0.2, 0) is 6.18 Å². The first kappa shape index (κ1) is 15.3. The van der Waals surface area contributed by atoms with E-state index in [0.29, 0.717) is 19.2 Å². The first-order chi connectivity index (χ1) is 8.40. The maximum Gasteiger partial charge on any atom is 0.416 e. The number of nitrogens with zero attached hydrogens (tertiary/aromatic N) is 1. The molecule has 0 aliphatic heterocycles. The van der Waals surface area contributed by atoms with Gasteiger partial charge in [-0.2, -0.15) is 13.2 Å². The lowest BCUT2D eigenvalue weighted by Gasteiger charge is -2.23. The molecule has 0 bridgehead atoms. The second-order valence-electron chi connectivity index (χ2n) is 3.79. The van der Waals surface area contributed by atoms with Gasteiger partial charge in [0.15, 0.2) is 0 Å². The number of anilines is 1. The van der Waals surface area contributed by atoms with Crippen LogP contribution in [0.2, 0.25) is 0 Å². The van der Waals surface area contributed by atoms with Crippen molar-refractivity contribution in [3.05, 3.63) is 29.6 Å². The Balaban J connectivity index is 2.96. The summed E-state index contributed by atoms with van der Waals surface area (Å²) in [6, 6.07) is 2.65. The molecule has 0 saturated carbocycles. The summed E-state index contributed by atoms with van der Waals surface area (Å²) in [6.07, 6.45) is -3.71. The smallest absolute Gasteiger partial charge is 0.369 e. The van der Waals surface area contributed by atoms with Crippen LogP contribution in [0.1, 0.15) is 18.9 Å². The Kier molecular flexibility index (Phi) is 5.44. The number of benzene rings is 1. The van der Waals surface area contributed by atoms with Crippen LogP contribution in [0.4, 0.5) is 23.2 Å². The van der Waals surface area contributed by atoms with E-state index in [-0.39, 0.29) is 5.69 Å². The van der Waals surface area contributed by atoms with Crippen LogP contribution in [0, 0.1) is 5.82 Å². The van der Waals surface area contributed by atoms with Crippen molar-refractivity contribution in [2.24, 2.45) is 0 Å². The van der Waals surface area contributed by atoms with Gasteiger partial charge in [0.25, 0.3) is 0 Å². The average Bonchev–Trinajstić information content (AvgIpc) is 2.30. The molecule has 0 N–H and O–H groups in total. The maximum absolute atomic E-state index is 13.7. The fraction of sp³-hybridized carbons (Fsp3) is 0.500. The Labute approximate surface area is 112 Å². The highest BCUT2D eigenvalue weighted by atomic mass is 79.9. The Morgan fingerprint density at radius 2 is 1.94 bits per heavy atom. The Morgan fingerprint density at radius 1 is 1.28 bits per heavy atom. The molecule has 1 nitrogen and oxygen atoms in total. The molecule has 18 heavy (non-hydrogen) atoms. The van der Waals surface area contributed by atoms with Crippen molar-refractivity contribution in [3.63, 3.8) is 0 Å². The molecule has 0 aliphatic rings. The third-order valence-corrected chi connectivity index (χ3v) is 3.12. The number of hydrogen-bond acceptors (Lipinski definition) is 1. The van der Waals surface area contributed by atoms with Crippen LogP contribution in [0.3, 0.4) is 0 Å². The van der Waals surface area contributed by atoms with Gasteiger partial charge in [-0.1, -0.05) is 15.9 Å². The molecule has 0 saturated heterocycles. The summed E-state index contributed by atoms with van der Waals surface area (Å²) in [7, 11) is 0. The van der Waals surface area contributed by atoms with E-state index < -0.39 is 17.6 Å². The topological polar surface area (TPSA) is 3.24 Å². The molecule has 0 radical (unpaired) electrons. The normalized spacial score (nSPS) is 11.7. The van der Waals surface area contributed by atoms with E-state index in [9.17, 15) is 17.6 Å². The maximum atomic E-state index is 13.7. The summed E-state index contributed by atoms with van der Waals surface area (Å²) in [5.74, 6) is -0.832. The van der Waals surface area contributed by atoms with Crippen LogP contribution in [-0.4, -0.2) is 18.4 Å². The fourth-order valence-electron chi connectivity index (χ4n) is 1.64. The first-order valence-electron chi connectivity index (χ1n) is 5.57. The van der Waals surface area contributed by atoms with Gasteiger partial charge in [-0.25, -0.2) is 4.39 Å². The molecule has 0 aromatic heterocycles. The largest absolute Gasteiger partial charge is 0.416 e. The summed E-state index contributed by atoms with van der Waals surface area (Å²) in [5, 5.41) is 0.770. The van der Waals surface area contributed by atoms with Crippen molar-refractivity contribution in [1.29, 1.82) is 0 Å². The second kappa shape index (κ2) is 6.41. The Morgan fingerprint density at radius 3 is 2.39 bits per heavy atom. The molecule has 1 aromatic rings. The lowest BCUT2D eigenvalue weighted by molar-refractivity contribution is -0.137. The monoisotopic (exact) mass is 327 g/mol. The van der Waals surface area contributed by atoms with Gasteiger partial charge in [0.2, 0.25) is 0 Å². The van der Waals surface area contributed by atoms with E-state index in [4.69, 9.17) is 0 Å². The number of hydrogen-bond donors (Lipinski definition) is 0. The third kappa shape index (κ3) is 3.86. The predicted molar refractivity (Wildman–Crippen MR) is 67.7 cm³/mol. The summed E-state index contributed by atoms with van der Waals surface area (Å²) >= 11 is 3.27. The molecule has 0 fully saturated rings. The summed E-state index contributed by atoms with van der Waals surface area (Å²) in [5.41, 5.74) is -0.744. The molecular formula is C12H14BrF4N. The van der Waals surface area contributed by atoms with E-state index in [1.165, 1.54) is 6.07 Å². The van der Waals surface area contributed by atoms with Gasteiger partial charge in [-0.3, -0.25) is 0 Å². The van der Waals surface area contributed by atoms with Gasteiger partial charge < -0.3 is 4.90 Å². The molecule has 0 atom stereocenters. The minimum Gasteiger partial charge on any atom is -0.369 e. The van der Waals surface area contributed by atoms with Gasteiger partial charge in [-0.15, -0.1) is 0 Å². The SMILES string of the molecule is CCN(CCCBr)c1ccc(C(F)(F)F)cc1F.